The van der Waals surface area contributed by atoms with Crippen molar-refractivity contribution in [3.05, 3.63) is 77.4 Å². The van der Waals surface area contributed by atoms with Gasteiger partial charge in [0.2, 0.25) is 0 Å². The minimum Gasteiger partial charge on any atom is -0.346 e. The average molecular weight is 315 g/mol. The van der Waals surface area contributed by atoms with E-state index in [1.165, 1.54) is 16.4 Å². The van der Waals surface area contributed by atoms with Crippen molar-refractivity contribution in [1.82, 2.24) is 5.32 Å². The van der Waals surface area contributed by atoms with Gasteiger partial charge in [-0.15, -0.1) is 0 Å². The summed E-state index contributed by atoms with van der Waals surface area (Å²) in [5.74, 6) is -0.0366. The molecule has 120 valence electrons. The number of hydrogen-bond donors (Lipinski definition) is 1. The SMILES string of the molecule is CBc1ccc2cc(C(=O)N[C@H](C)c3cccc(C)c3)ccc2c1. The zero-order valence-corrected chi connectivity index (χ0v) is 14.5. The van der Waals surface area contributed by atoms with Crippen LogP contribution < -0.4 is 10.8 Å². The Hall–Kier alpha value is -2.55. The summed E-state index contributed by atoms with van der Waals surface area (Å²) in [6.45, 7) is 6.23. The maximum atomic E-state index is 12.6. The first-order valence-corrected chi connectivity index (χ1v) is 8.47. The van der Waals surface area contributed by atoms with Crippen LogP contribution in [0.2, 0.25) is 6.82 Å². The molecule has 3 aromatic carbocycles. The first kappa shape index (κ1) is 16.3. The topological polar surface area (TPSA) is 29.1 Å². The lowest BCUT2D eigenvalue weighted by atomic mass is 9.73. The zero-order chi connectivity index (χ0) is 17.1. The predicted octanol–water partition coefficient (Wildman–Crippen LogP) is 3.75. The summed E-state index contributed by atoms with van der Waals surface area (Å²) in [5, 5.41) is 5.37. The lowest BCUT2D eigenvalue weighted by molar-refractivity contribution is 0.0940. The van der Waals surface area contributed by atoms with Gasteiger partial charge in [0.25, 0.3) is 5.91 Å². The zero-order valence-electron chi connectivity index (χ0n) is 14.5. The van der Waals surface area contributed by atoms with Gasteiger partial charge in [-0.1, -0.05) is 66.4 Å². The Bertz CT molecular complexity index is 888. The molecule has 0 radical (unpaired) electrons. The summed E-state index contributed by atoms with van der Waals surface area (Å²) in [6.07, 6.45) is 0. The Morgan fingerprint density at radius 1 is 1.00 bits per heavy atom. The number of aryl methyl sites for hydroxylation is 1. The third-order valence-electron chi connectivity index (χ3n) is 4.46. The van der Waals surface area contributed by atoms with Gasteiger partial charge in [-0.05, 0) is 42.3 Å². The van der Waals surface area contributed by atoms with Gasteiger partial charge in [-0.2, -0.15) is 0 Å². The van der Waals surface area contributed by atoms with Crippen molar-refractivity contribution in [3.8, 4) is 0 Å². The molecule has 1 N–H and O–H groups in total. The Kier molecular flexibility index (Phi) is 4.70. The van der Waals surface area contributed by atoms with E-state index < -0.39 is 0 Å². The number of amides is 1. The van der Waals surface area contributed by atoms with Crippen molar-refractivity contribution in [2.75, 3.05) is 0 Å². The number of rotatable bonds is 4. The third-order valence-corrected chi connectivity index (χ3v) is 4.46. The molecule has 0 saturated heterocycles. The first-order chi connectivity index (χ1) is 11.6. The number of carbonyl (C=O) groups is 1. The smallest absolute Gasteiger partial charge is 0.251 e. The fourth-order valence-corrected chi connectivity index (χ4v) is 2.96. The molecule has 0 spiro atoms. The highest BCUT2D eigenvalue weighted by Crippen LogP contribution is 2.17. The number of nitrogens with one attached hydrogen (secondary N) is 1. The molecule has 24 heavy (non-hydrogen) atoms. The molecule has 0 fully saturated rings. The number of fused-ring (bicyclic) bond motifs is 1. The van der Waals surface area contributed by atoms with E-state index in [-0.39, 0.29) is 11.9 Å². The molecule has 1 amide bonds. The van der Waals surface area contributed by atoms with Crippen LogP contribution in [0, 0.1) is 6.92 Å². The van der Waals surface area contributed by atoms with E-state index >= 15 is 0 Å². The van der Waals surface area contributed by atoms with Gasteiger partial charge in [-0.3, -0.25) is 4.79 Å². The van der Waals surface area contributed by atoms with Crippen LogP contribution in [0.4, 0.5) is 0 Å². The van der Waals surface area contributed by atoms with E-state index in [2.05, 4.69) is 49.4 Å². The van der Waals surface area contributed by atoms with Crippen molar-refractivity contribution in [2.24, 2.45) is 0 Å². The van der Waals surface area contributed by atoms with Crippen LogP contribution in [-0.4, -0.2) is 13.2 Å². The van der Waals surface area contributed by atoms with Crippen LogP contribution in [0.1, 0.15) is 34.5 Å². The third kappa shape index (κ3) is 3.51. The molecule has 0 unspecified atom stereocenters. The molecular weight excluding hydrogens is 293 g/mol. The predicted molar refractivity (Wildman–Crippen MR) is 104 cm³/mol. The number of hydrogen-bond acceptors (Lipinski definition) is 1. The molecule has 3 heteroatoms. The second-order valence-corrected chi connectivity index (χ2v) is 6.36. The van der Waals surface area contributed by atoms with Crippen LogP contribution in [0.15, 0.2) is 60.7 Å². The highest BCUT2D eigenvalue weighted by molar-refractivity contribution is 6.52. The van der Waals surface area contributed by atoms with Crippen molar-refractivity contribution in [1.29, 1.82) is 0 Å². The minimum atomic E-state index is -0.0366. The highest BCUT2D eigenvalue weighted by atomic mass is 16.1. The summed E-state index contributed by atoms with van der Waals surface area (Å²) in [5.41, 5.74) is 4.33. The summed E-state index contributed by atoms with van der Waals surface area (Å²) in [7, 11) is 1.02. The van der Waals surface area contributed by atoms with Crippen LogP contribution >= 0.6 is 0 Å². The fourth-order valence-electron chi connectivity index (χ4n) is 2.96. The van der Waals surface area contributed by atoms with Crippen LogP contribution in [-0.2, 0) is 0 Å². The van der Waals surface area contributed by atoms with E-state index in [1.54, 1.807) is 0 Å². The van der Waals surface area contributed by atoms with E-state index in [4.69, 9.17) is 0 Å². The standard InChI is InChI=1S/C21H22BNO/c1-14-5-4-6-16(11-14)15(2)23-21(24)19-8-7-18-13-20(22-3)10-9-17(18)12-19/h4-13,15,22H,1-3H3,(H,23,24)/t15-/m1/s1. The maximum Gasteiger partial charge on any atom is 0.251 e. The molecule has 2 nitrogen and oxygen atoms in total. The van der Waals surface area contributed by atoms with E-state index in [0.717, 1.165) is 18.2 Å². The molecular formula is C21H22BNO. The van der Waals surface area contributed by atoms with Gasteiger partial charge in [0.1, 0.15) is 0 Å². The van der Waals surface area contributed by atoms with E-state index in [1.807, 2.05) is 37.3 Å². The monoisotopic (exact) mass is 315 g/mol. The quantitative estimate of drug-likeness (QED) is 0.730. The van der Waals surface area contributed by atoms with E-state index in [0.29, 0.717) is 5.56 Å². The second kappa shape index (κ2) is 6.92. The van der Waals surface area contributed by atoms with Crippen LogP contribution in [0.25, 0.3) is 10.8 Å². The van der Waals surface area contributed by atoms with Crippen molar-refractivity contribution >= 4 is 29.4 Å². The molecule has 0 aliphatic carbocycles. The molecule has 1 atom stereocenters. The maximum absolute atomic E-state index is 12.6. The Morgan fingerprint density at radius 2 is 1.75 bits per heavy atom. The molecule has 0 bridgehead atoms. The number of benzene rings is 3. The Balaban J connectivity index is 1.80. The molecule has 0 aliphatic heterocycles. The van der Waals surface area contributed by atoms with Gasteiger partial charge in [0.05, 0.1) is 6.04 Å². The van der Waals surface area contributed by atoms with Crippen molar-refractivity contribution < 1.29 is 4.79 Å². The molecule has 0 heterocycles. The van der Waals surface area contributed by atoms with Crippen LogP contribution in [0.3, 0.4) is 0 Å². The average Bonchev–Trinajstić information content (AvgIpc) is 2.60. The Labute approximate surface area is 144 Å². The molecule has 0 aliphatic rings. The van der Waals surface area contributed by atoms with Gasteiger partial charge >= 0.3 is 0 Å². The molecule has 3 aromatic rings. The van der Waals surface area contributed by atoms with E-state index in [9.17, 15) is 4.79 Å². The van der Waals surface area contributed by atoms with Gasteiger partial charge < -0.3 is 5.32 Å². The summed E-state index contributed by atoms with van der Waals surface area (Å²) >= 11 is 0. The molecule has 0 saturated carbocycles. The highest BCUT2D eigenvalue weighted by Gasteiger charge is 2.12. The largest absolute Gasteiger partial charge is 0.346 e. The van der Waals surface area contributed by atoms with Crippen molar-refractivity contribution in [3.63, 3.8) is 0 Å². The molecule has 3 rings (SSSR count). The number of carbonyl (C=O) groups excluding carboxylic acids is 1. The van der Waals surface area contributed by atoms with Crippen molar-refractivity contribution in [2.45, 2.75) is 26.7 Å². The minimum absolute atomic E-state index is 0.0180. The molecule has 0 aromatic heterocycles. The summed E-state index contributed by atoms with van der Waals surface area (Å²) in [4.78, 5) is 12.6. The lowest BCUT2D eigenvalue weighted by Gasteiger charge is -2.15. The fraction of sp³-hybridized carbons (Fsp3) is 0.190. The Morgan fingerprint density at radius 3 is 2.50 bits per heavy atom. The summed E-state index contributed by atoms with van der Waals surface area (Å²) in [6, 6.07) is 20.5. The second-order valence-electron chi connectivity index (χ2n) is 6.36. The normalized spacial score (nSPS) is 12.0. The van der Waals surface area contributed by atoms with Gasteiger partial charge in [0, 0.05) is 5.56 Å². The lowest BCUT2D eigenvalue weighted by Crippen LogP contribution is -2.26. The van der Waals surface area contributed by atoms with Crippen LogP contribution in [0.5, 0.6) is 0 Å². The van der Waals surface area contributed by atoms with Gasteiger partial charge in [0.15, 0.2) is 7.28 Å². The first-order valence-electron chi connectivity index (χ1n) is 8.47. The van der Waals surface area contributed by atoms with Gasteiger partial charge in [-0.25, -0.2) is 0 Å². The summed E-state index contributed by atoms with van der Waals surface area (Å²) < 4.78 is 0.